The first-order chi connectivity index (χ1) is 18.7. The molecule has 0 saturated carbocycles. The normalized spacial score (nSPS) is 17.4. The third kappa shape index (κ3) is 12.4. The zero-order valence-electron chi connectivity index (χ0n) is 24.8. The number of aliphatic hydroxyl groups excluding tert-OH is 1. The quantitative estimate of drug-likeness (QED) is 0.225. The summed E-state index contributed by atoms with van der Waals surface area (Å²) >= 11 is 0. The highest BCUT2D eigenvalue weighted by molar-refractivity contribution is 5.78. The molecule has 1 heterocycles. The molecule has 0 aromatic heterocycles. The SMILES string of the molecule is COCCCOc1cc(C[C@@H](C[C@H](N)[C@@H](O)C[C@@H](C)C(=O)NCCCN2CCOCC2)C(C)C)ccc1OC. The Bertz CT molecular complexity index is 818. The molecule has 1 amide bonds. The number of hydrogen-bond acceptors (Lipinski definition) is 8. The molecule has 39 heavy (non-hydrogen) atoms. The highest BCUT2D eigenvalue weighted by Crippen LogP contribution is 2.31. The zero-order valence-corrected chi connectivity index (χ0v) is 24.8. The maximum absolute atomic E-state index is 12.6. The van der Waals surface area contributed by atoms with Crippen LogP contribution in [0.4, 0.5) is 0 Å². The minimum atomic E-state index is -0.740. The Labute approximate surface area is 235 Å². The molecule has 1 fully saturated rings. The molecule has 0 aliphatic carbocycles. The van der Waals surface area contributed by atoms with E-state index in [0.29, 0.717) is 44.3 Å². The van der Waals surface area contributed by atoms with Crippen molar-refractivity contribution in [2.45, 2.75) is 65.0 Å². The van der Waals surface area contributed by atoms with Crippen LogP contribution in [0.5, 0.6) is 11.5 Å². The second-order valence-corrected chi connectivity index (χ2v) is 11.1. The molecule has 4 N–H and O–H groups in total. The lowest BCUT2D eigenvalue weighted by atomic mass is 9.82. The van der Waals surface area contributed by atoms with Crippen molar-refractivity contribution in [1.29, 1.82) is 0 Å². The Hall–Kier alpha value is -1.91. The number of rotatable bonds is 19. The van der Waals surface area contributed by atoms with Crippen molar-refractivity contribution in [1.82, 2.24) is 10.2 Å². The molecule has 4 atom stereocenters. The fourth-order valence-electron chi connectivity index (χ4n) is 4.90. The number of morpholine rings is 1. The first-order valence-corrected chi connectivity index (χ1v) is 14.5. The fraction of sp³-hybridized carbons (Fsp3) is 0.767. The Balaban J connectivity index is 1.82. The topological polar surface area (TPSA) is 116 Å². The molecule has 1 aromatic rings. The molecule has 224 valence electrons. The van der Waals surface area contributed by atoms with Crippen LogP contribution in [-0.4, -0.2) is 94.9 Å². The van der Waals surface area contributed by atoms with Gasteiger partial charge in [-0.15, -0.1) is 0 Å². The summed E-state index contributed by atoms with van der Waals surface area (Å²) in [5, 5.41) is 13.9. The van der Waals surface area contributed by atoms with Gasteiger partial charge < -0.3 is 35.1 Å². The monoisotopic (exact) mass is 551 g/mol. The van der Waals surface area contributed by atoms with Crippen LogP contribution in [0.1, 0.15) is 52.0 Å². The van der Waals surface area contributed by atoms with Gasteiger partial charge in [-0.25, -0.2) is 0 Å². The average Bonchev–Trinajstić information content (AvgIpc) is 2.93. The first-order valence-electron chi connectivity index (χ1n) is 14.5. The number of nitrogens with zero attached hydrogens (tertiary/aromatic N) is 1. The number of benzene rings is 1. The third-order valence-electron chi connectivity index (χ3n) is 7.58. The number of carbonyl (C=O) groups is 1. The summed E-state index contributed by atoms with van der Waals surface area (Å²) in [5.41, 5.74) is 7.62. The molecule has 9 nitrogen and oxygen atoms in total. The standard InChI is InChI=1S/C30H53N3O6/c1-22(2)25(19-24-8-9-28(37-5)29(20-24)39-15-7-14-36-4)21-26(31)27(34)18-23(3)30(35)32-10-6-11-33-12-16-38-17-13-33/h8-9,20,22-23,25-27,34H,6-7,10-19,21,31H2,1-5H3,(H,32,35)/t23-,25+,26+,27+/m1/s1. The molecular weight excluding hydrogens is 498 g/mol. The van der Waals surface area contributed by atoms with Crippen LogP contribution in [0.15, 0.2) is 18.2 Å². The molecule has 2 rings (SSSR count). The predicted molar refractivity (Wildman–Crippen MR) is 154 cm³/mol. The van der Waals surface area contributed by atoms with Crippen LogP contribution in [-0.2, 0) is 20.7 Å². The highest BCUT2D eigenvalue weighted by Gasteiger charge is 2.26. The lowest BCUT2D eigenvalue weighted by Gasteiger charge is -2.28. The second-order valence-electron chi connectivity index (χ2n) is 11.1. The highest BCUT2D eigenvalue weighted by atomic mass is 16.5. The first kappa shape index (κ1) is 33.3. The summed E-state index contributed by atoms with van der Waals surface area (Å²) in [7, 11) is 3.32. The lowest BCUT2D eigenvalue weighted by Crippen LogP contribution is -2.41. The summed E-state index contributed by atoms with van der Waals surface area (Å²) in [6.45, 7) is 12.5. The molecule has 1 aromatic carbocycles. The van der Waals surface area contributed by atoms with Crippen molar-refractivity contribution in [2.24, 2.45) is 23.5 Å². The van der Waals surface area contributed by atoms with Crippen LogP contribution in [0.25, 0.3) is 0 Å². The minimum Gasteiger partial charge on any atom is -0.493 e. The summed E-state index contributed by atoms with van der Waals surface area (Å²) in [6, 6.07) is 5.63. The fourth-order valence-corrected chi connectivity index (χ4v) is 4.90. The van der Waals surface area contributed by atoms with Crippen molar-refractivity contribution >= 4 is 5.91 Å². The smallest absolute Gasteiger partial charge is 0.222 e. The van der Waals surface area contributed by atoms with Crippen molar-refractivity contribution in [3.05, 3.63) is 23.8 Å². The van der Waals surface area contributed by atoms with Gasteiger partial charge in [-0.3, -0.25) is 9.69 Å². The number of hydrogen-bond donors (Lipinski definition) is 3. The number of nitrogens with one attached hydrogen (secondary N) is 1. The van der Waals surface area contributed by atoms with Crippen molar-refractivity contribution < 1.29 is 28.8 Å². The van der Waals surface area contributed by atoms with Crippen LogP contribution < -0.4 is 20.5 Å². The van der Waals surface area contributed by atoms with Gasteiger partial charge in [0.1, 0.15) is 0 Å². The van der Waals surface area contributed by atoms with E-state index in [2.05, 4.69) is 30.1 Å². The van der Waals surface area contributed by atoms with E-state index in [1.54, 1.807) is 14.2 Å². The van der Waals surface area contributed by atoms with E-state index in [0.717, 1.165) is 63.4 Å². The van der Waals surface area contributed by atoms with E-state index in [1.165, 1.54) is 0 Å². The van der Waals surface area contributed by atoms with Gasteiger partial charge in [0.2, 0.25) is 5.91 Å². The van der Waals surface area contributed by atoms with Gasteiger partial charge >= 0.3 is 0 Å². The van der Waals surface area contributed by atoms with E-state index >= 15 is 0 Å². The molecule has 1 aliphatic rings. The second kappa shape index (κ2) is 18.4. The molecule has 0 spiro atoms. The van der Waals surface area contributed by atoms with Gasteiger partial charge in [-0.05, 0) is 61.8 Å². The van der Waals surface area contributed by atoms with Crippen LogP contribution in [0.2, 0.25) is 0 Å². The van der Waals surface area contributed by atoms with Crippen molar-refractivity contribution in [3.8, 4) is 11.5 Å². The third-order valence-corrected chi connectivity index (χ3v) is 7.58. The Kier molecular flexibility index (Phi) is 15.7. The van der Waals surface area contributed by atoms with Gasteiger partial charge in [0.15, 0.2) is 11.5 Å². The zero-order chi connectivity index (χ0) is 28.6. The van der Waals surface area contributed by atoms with Gasteiger partial charge in [0.25, 0.3) is 0 Å². The predicted octanol–water partition coefficient (Wildman–Crippen LogP) is 2.87. The molecule has 0 unspecified atom stereocenters. The molecule has 1 saturated heterocycles. The molecule has 9 heteroatoms. The van der Waals surface area contributed by atoms with E-state index in [9.17, 15) is 9.90 Å². The number of carbonyl (C=O) groups excluding carboxylic acids is 1. The molecule has 0 radical (unpaired) electrons. The van der Waals surface area contributed by atoms with Crippen LogP contribution in [0.3, 0.4) is 0 Å². The molecular formula is C30H53N3O6. The largest absolute Gasteiger partial charge is 0.493 e. The summed E-state index contributed by atoms with van der Waals surface area (Å²) in [4.78, 5) is 15.0. The molecule has 1 aliphatic heterocycles. The number of aliphatic hydroxyl groups is 1. The van der Waals surface area contributed by atoms with Gasteiger partial charge in [0.05, 0.1) is 33.0 Å². The minimum absolute atomic E-state index is 0.0279. The van der Waals surface area contributed by atoms with Crippen LogP contribution >= 0.6 is 0 Å². The number of methoxy groups -OCH3 is 2. The molecule has 0 bridgehead atoms. The summed E-state index contributed by atoms with van der Waals surface area (Å²) in [6.07, 6.45) is 2.80. The Morgan fingerprint density at radius 3 is 2.51 bits per heavy atom. The average molecular weight is 552 g/mol. The van der Waals surface area contributed by atoms with Crippen molar-refractivity contribution in [2.75, 3.05) is 66.8 Å². The Morgan fingerprint density at radius 1 is 1.10 bits per heavy atom. The van der Waals surface area contributed by atoms with E-state index in [1.807, 2.05) is 19.1 Å². The van der Waals surface area contributed by atoms with E-state index < -0.39 is 12.1 Å². The summed E-state index contributed by atoms with van der Waals surface area (Å²) in [5.74, 6) is 1.75. The van der Waals surface area contributed by atoms with Gasteiger partial charge in [-0.2, -0.15) is 0 Å². The van der Waals surface area contributed by atoms with Gasteiger partial charge in [-0.1, -0.05) is 26.8 Å². The van der Waals surface area contributed by atoms with E-state index in [-0.39, 0.29) is 17.7 Å². The summed E-state index contributed by atoms with van der Waals surface area (Å²) < 4.78 is 21.9. The maximum atomic E-state index is 12.6. The maximum Gasteiger partial charge on any atom is 0.222 e. The van der Waals surface area contributed by atoms with Gasteiger partial charge in [0, 0.05) is 51.7 Å². The van der Waals surface area contributed by atoms with Crippen molar-refractivity contribution in [3.63, 3.8) is 0 Å². The van der Waals surface area contributed by atoms with E-state index in [4.69, 9.17) is 24.7 Å². The lowest BCUT2D eigenvalue weighted by molar-refractivity contribution is -0.125. The number of amides is 1. The number of ether oxygens (including phenoxy) is 4. The van der Waals surface area contributed by atoms with Crippen LogP contribution in [0, 0.1) is 17.8 Å². The number of nitrogens with two attached hydrogens (primary N) is 1. The Morgan fingerprint density at radius 2 is 1.85 bits per heavy atom.